The number of amides is 3. The molecule has 1 aliphatic rings. The Morgan fingerprint density at radius 1 is 1.15 bits per heavy atom. The second kappa shape index (κ2) is 6.18. The lowest BCUT2D eigenvalue weighted by Crippen LogP contribution is -2.28. The zero-order chi connectivity index (χ0) is 14.5. The number of hydrogen-bond donors (Lipinski definition) is 2. The van der Waals surface area contributed by atoms with Gasteiger partial charge in [-0.25, -0.2) is 0 Å². The van der Waals surface area contributed by atoms with Crippen molar-refractivity contribution in [1.82, 2.24) is 15.8 Å². The van der Waals surface area contributed by atoms with Crippen LogP contribution >= 0.6 is 0 Å². The van der Waals surface area contributed by atoms with E-state index < -0.39 is 5.92 Å². The summed E-state index contributed by atoms with van der Waals surface area (Å²) in [5, 5.41) is 0. The smallest absolute Gasteiger partial charge is 0.251 e. The van der Waals surface area contributed by atoms with E-state index in [0.29, 0.717) is 6.54 Å². The molecule has 0 atom stereocenters. The molecule has 6 nitrogen and oxygen atoms in total. The molecule has 2 rings (SSSR count). The Labute approximate surface area is 117 Å². The molecule has 20 heavy (non-hydrogen) atoms. The van der Waals surface area contributed by atoms with Crippen molar-refractivity contribution in [3.8, 4) is 0 Å². The van der Waals surface area contributed by atoms with Gasteiger partial charge in [0.25, 0.3) is 11.8 Å². The summed E-state index contributed by atoms with van der Waals surface area (Å²) in [5.74, 6) is -1.58. The molecule has 0 spiro atoms. The Balaban J connectivity index is 1.82. The Morgan fingerprint density at radius 2 is 1.75 bits per heavy atom. The molecule has 1 aromatic carbocycles. The van der Waals surface area contributed by atoms with Gasteiger partial charge in [0, 0.05) is 20.0 Å². The number of benzene rings is 1. The molecule has 3 amide bonds. The first kappa shape index (κ1) is 14.0. The molecule has 1 saturated heterocycles. The highest BCUT2D eigenvalue weighted by molar-refractivity contribution is 6.05. The molecule has 0 radical (unpaired) electrons. The SMILES string of the molecule is CN(Cc1ccccc1)C(=O)CCC1C(=O)NNC1=O. The Kier molecular flexibility index (Phi) is 4.34. The highest BCUT2D eigenvalue weighted by atomic mass is 16.2. The zero-order valence-corrected chi connectivity index (χ0v) is 11.3. The van der Waals surface area contributed by atoms with Gasteiger partial charge in [0.1, 0.15) is 5.92 Å². The lowest BCUT2D eigenvalue weighted by atomic mass is 10.0. The Hall–Kier alpha value is -2.37. The number of carbonyl (C=O) groups is 3. The van der Waals surface area contributed by atoms with Crippen molar-refractivity contribution in [2.24, 2.45) is 5.92 Å². The first-order valence-corrected chi connectivity index (χ1v) is 6.45. The number of hydrazine groups is 1. The van der Waals surface area contributed by atoms with Crippen LogP contribution in [0.3, 0.4) is 0 Å². The van der Waals surface area contributed by atoms with Crippen molar-refractivity contribution in [3.05, 3.63) is 35.9 Å². The summed E-state index contributed by atoms with van der Waals surface area (Å²) >= 11 is 0. The zero-order valence-electron chi connectivity index (χ0n) is 11.3. The number of rotatable bonds is 5. The predicted molar refractivity (Wildman–Crippen MR) is 71.9 cm³/mol. The highest BCUT2D eigenvalue weighted by Crippen LogP contribution is 2.12. The molecule has 1 aromatic rings. The van der Waals surface area contributed by atoms with Gasteiger partial charge in [-0.3, -0.25) is 25.2 Å². The molecule has 0 bridgehead atoms. The molecular weight excluding hydrogens is 258 g/mol. The van der Waals surface area contributed by atoms with Crippen molar-refractivity contribution < 1.29 is 14.4 Å². The average molecular weight is 275 g/mol. The van der Waals surface area contributed by atoms with Gasteiger partial charge in [0.2, 0.25) is 5.91 Å². The van der Waals surface area contributed by atoms with Crippen LogP contribution in [0.4, 0.5) is 0 Å². The lowest BCUT2D eigenvalue weighted by molar-refractivity contribution is -0.132. The van der Waals surface area contributed by atoms with Crippen molar-refractivity contribution in [3.63, 3.8) is 0 Å². The summed E-state index contributed by atoms with van der Waals surface area (Å²) in [4.78, 5) is 36.3. The van der Waals surface area contributed by atoms with Gasteiger partial charge >= 0.3 is 0 Å². The number of nitrogens with one attached hydrogen (secondary N) is 2. The number of carbonyl (C=O) groups excluding carboxylic acids is 3. The van der Waals surface area contributed by atoms with Crippen LogP contribution in [-0.4, -0.2) is 29.7 Å². The maximum atomic E-state index is 12.0. The monoisotopic (exact) mass is 275 g/mol. The van der Waals surface area contributed by atoms with Crippen LogP contribution in [0.15, 0.2) is 30.3 Å². The van der Waals surface area contributed by atoms with E-state index in [4.69, 9.17) is 0 Å². The third-order valence-corrected chi connectivity index (χ3v) is 3.28. The summed E-state index contributed by atoms with van der Waals surface area (Å²) in [6, 6.07) is 9.65. The maximum Gasteiger partial charge on any atom is 0.251 e. The Morgan fingerprint density at radius 3 is 2.35 bits per heavy atom. The molecule has 0 aliphatic carbocycles. The van der Waals surface area contributed by atoms with E-state index in [9.17, 15) is 14.4 Å². The third kappa shape index (κ3) is 3.34. The fraction of sp³-hybridized carbons (Fsp3) is 0.357. The van der Waals surface area contributed by atoms with Crippen LogP contribution in [-0.2, 0) is 20.9 Å². The molecule has 1 fully saturated rings. The molecular formula is C14H17N3O3. The summed E-state index contributed by atoms with van der Waals surface area (Å²) in [6.07, 6.45) is 0.407. The molecule has 0 saturated carbocycles. The minimum atomic E-state index is -0.760. The van der Waals surface area contributed by atoms with Crippen molar-refractivity contribution in [2.75, 3.05) is 7.05 Å². The summed E-state index contributed by atoms with van der Waals surface area (Å²) in [5.41, 5.74) is 5.54. The molecule has 0 unspecified atom stereocenters. The minimum Gasteiger partial charge on any atom is -0.341 e. The van der Waals surface area contributed by atoms with E-state index in [2.05, 4.69) is 10.9 Å². The minimum absolute atomic E-state index is 0.0821. The van der Waals surface area contributed by atoms with Crippen LogP contribution in [0, 0.1) is 5.92 Å². The molecule has 1 heterocycles. The van der Waals surface area contributed by atoms with Crippen LogP contribution in [0.1, 0.15) is 18.4 Å². The fourth-order valence-electron chi connectivity index (χ4n) is 2.08. The summed E-state index contributed by atoms with van der Waals surface area (Å²) in [6.45, 7) is 0.517. The van der Waals surface area contributed by atoms with Crippen molar-refractivity contribution >= 4 is 17.7 Å². The van der Waals surface area contributed by atoms with E-state index in [-0.39, 0.29) is 30.6 Å². The quantitative estimate of drug-likeness (QED) is 0.754. The topological polar surface area (TPSA) is 78.5 Å². The molecule has 0 aromatic heterocycles. The standard InChI is InChI=1S/C14H17N3O3/c1-17(9-10-5-3-2-4-6-10)12(18)8-7-11-13(19)15-16-14(11)20/h2-6,11H,7-9H2,1H3,(H,15,19)(H,16,20). The Bertz CT molecular complexity index is 500. The van der Waals surface area contributed by atoms with Gasteiger partial charge in [-0.2, -0.15) is 0 Å². The van der Waals surface area contributed by atoms with Crippen molar-refractivity contribution in [2.45, 2.75) is 19.4 Å². The van der Waals surface area contributed by atoms with E-state index >= 15 is 0 Å². The van der Waals surface area contributed by atoms with Crippen molar-refractivity contribution in [1.29, 1.82) is 0 Å². The molecule has 6 heteroatoms. The van der Waals surface area contributed by atoms with Gasteiger partial charge in [0.05, 0.1) is 0 Å². The second-order valence-corrected chi connectivity index (χ2v) is 4.81. The normalized spacial score (nSPS) is 14.8. The van der Waals surface area contributed by atoms with Gasteiger partial charge < -0.3 is 4.90 Å². The molecule has 1 aliphatic heterocycles. The van der Waals surface area contributed by atoms with Crippen LogP contribution < -0.4 is 10.9 Å². The largest absolute Gasteiger partial charge is 0.341 e. The average Bonchev–Trinajstić information content (AvgIpc) is 2.76. The molecule has 2 N–H and O–H groups in total. The number of nitrogens with zero attached hydrogens (tertiary/aromatic N) is 1. The van der Waals surface area contributed by atoms with Gasteiger partial charge in [0.15, 0.2) is 0 Å². The predicted octanol–water partition coefficient (Wildman–Crippen LogP) is 0.202. The summed E-state index contributed by atoms with van der Waals surface area (Å²) < 4.78 is 0. The van der Waals surface area contributed by atoms with Crippen LogP contribution in [0.25, 0.3) is 0 Å². The fourth-order valence-corrected chi connectivity index (χ4v) is 2.08. The maximum absolute atomic E-state index is 12.0. The molecule has 106 valence electrons. The van der Waals surface area contributed by atoms with E-state index in [1.165, 1.54) is 0 Å². The van der Waals surface area contributed by atoms with Crippen LogP contribution in [0.2, 0.25) is 0 Å². The van der Waals surface area contributed by atoms with Gasteiger partial charge in [-0.15, -0.1) is 0 Å². The highest BCUT2D eigenvalue weighted by Gasteiger charge is 2.33. The van der Waals surface area contributed by atoms with E-state index in [1.54, 1.807) is 11.9 Å². The second-order valence-electron chi connectivity index (χ2n) is 4.81. The van der Waals surface area contributed by atoms with E-state index in [0.717, 1.165) is 5.56 Å². The van der Waals surface area contributed by atoms with E-state index in [1.807, 2.05) is 30.3 Å². The summed E-state index contributed by atoms with van der Waals surface area (Å²) in [7, 11) is 1.71. The van der Waals surface area contributed by atoms with Crippen LogP contribution in [0.5, 0.6) is 0 Å². The lowest BCUT2D eigenvalue weighted by Gasteiger charge is -2.17. The number of hydrogen-bond acceptors (Lipinski definition) is 3. The first-order valence-electron chi connectivity index (χ1n) is 6.45. The van der Waals surface area contributed by atoms with Gasteiger partial charge in [-0.1, -0.05) is 30.3 Å². The van der Waals surface area contributed by atoms with Gasteiger partial charge in [-0.05, 0) is 12.0 Å². The third-order valence-electron chi connectivity index (χ3n) is 3.28. The first-order chi connectivity index (χ1) is 9.58.